The van der Waals surface area contributed by atoms with E-state index < -0.39 is 5.97 Å². The summed E-state index contributed by atoms with van der Waals surface area (Å²) in [5.74, 6) is 0.203. The number of imidazole rings is 2. The van der Waals surface area contributed by atoms with Gasteiger partial charge in [-0.15, -0.1) is 0 Å². The van der Waals surface area contributed by atoms with Crippen molar-refractivity contribution in [2.45, 2.75) is 0 Å². The van der Waals surface area contributed by atoms with Crippen LogP contribution in [0.15, 0.2) is 24.4 Å². The average Bonchev–Trinajstić information content (AvgIpc) is 2.85. The summed E-state index contributed by atoms with van der Waals surface area (Å²) in [6.45, 7) is 0. The van der Waals surface area contributed by atoms with Crippen LogP contribution in [0.4, 0.5) is 0 Å². The zero-order valence-corrected chi connectivity index (χ0v) is 8.97. The molecule has 0 unspecified atom stereocenters. The smallest absolute Gasteiger partial charge is 0.353 e. The molecule has 0 aliphatic heterocycles. The van der Waals surface area contributed by atoms with E-state index in [4.69, 9.17) is 9.84 Å². The number of ether oxygens (including phenoxy) is 1. The van der Waals surface area contributed by atoms with E-state index in [-0.39, 0.29) is 5.69 Å². The lowest BCUT2D eigenvalue weighted by Crippen LogP contribution is -1.95. The SMILES string of the molecule is COc1ccc2nc3[nH]c(C(=O)O)cn3c2c1. The molecule has 6 nitrogen and oxygen atoms in total. The summed E-state index contributed by atoms with van der Waals surface area (Å²) in [7, 11) is 1.58. The maximum atomic E-state index is 10.8. The molecule has 0 saturated heterocycles. The van der Waals surface area contributed by atoms with E-state index in [1.54, 1.807) is 11.5 Å². The van der Waals surface area contributed by atoms with Gasteiger partial charge in [-0.2, -0.15) is 0 Å². The molecule has 2 heterocycles. The van der Waals surface area contributed by atoms with E-state index in [0.29, 0.717) is 11.5 Å². The Morgan fingerprint density at radius 2 is 2.35 bits per heavy atom. The summed E-state index contributed by atoms with van der Waals surface area (Å²) >= 11 is 0. The minimum absolute atomic E-state index is 0.109. The summed E-state index contributed by atoms with van der Waals surface area (Å²) < 4.78 is 6.82. The van der Waals surface area contributed by atoms with Crippen LogP contribution in [0.5, 0.6) is 5.75 Å². The fourth-order valence-electron chi connectivity index (χ4n) is 1.81. The molecule has 6 heteroatoms. The molecule has 0 bridgehead atoms. The normalized spacial score (nSPS) is 11.1. The second-order valence-electron chi connectivity index (χ2n) is 3.63. The second kappa shape index (κ2) is 3.24. The van der Waals surface area contributed by atoms with E-state index in [1.165, 1.54) is 6.20 Å². The Morgan fingerprint density at radius 3 is 3.06 bits per heavy atom. The molecule has 0 radical (unpaired) electrons. The number of nitrogens with one attached hydrogen (secondary N) is 1. The molecule has 1 aromatic carbocycles. The van der Waals surface area contributed by atoms with Crippen LogP contribution in [0.1, 0.15) is 10.5 Å². The zero-order valence-electron chi connectivity index (χ0n) is 8.97. The highest BCUT2D eigenvalue weighted by Crippen LogP contribution is 2.22. The molecule has 17 heavy (non-hydrogen) atoms. The van der Waals surface area contributed by atoms with Gasteiger partial charge in [0.05, 0.1) is 18.1 Å². The molecule has 2 N–H and O–H groups in total. The molecule has 0 amide bonds. The van der Waals surface area contributed by atoms with Crippen LogP contribution in [0.2, 0.25) is 0 Å². The number of fused-ring (bicyclic) bond motifs is 3. The van der Waals surface area contributed by atoms with E-state index in [0.717, 1.165) is 11.0 Å². The van der Waals surface area contributed by atoms with Gasteiger partial charge in [0.2, 0.25) is 5.78 Å². The largest absolute Gasteiger partial charge is 0.497 e. The molecule has 0 aliphatic rings. The summed E-state index contributed by atoms with van der Waals surface area (Å²) in [5.41, 5.74) is 1.70. The Hall–Kier alpha value is -2.50. The number of carboxylic acid groups (broad SMARTS) is 1. The van der Waals surface area contributed by atoms with Gasteiger partial charge >= 0.3 is 5.97 Å². The lowest BCUT2D eigenvalue weighted by molar-refractivity contribution is 0.0691. The van der Waals surface area contributed by atoms with Crippen LogP contribution in [0.3, 0.4) is 0 Å². The maximum Gasteiger partial charge on any atom is 0.353 e. The minimum Gasteiger partial charge on any atom is -0.497 e. The van der Waals surface area contributed by atoms with Crippen LogP contribution in [0.25, 0.3) is 16.8 Å². The number of hydrogen-bond donors (Lipinski definition) is 2. The first-order valence-electron chi connectivity index (χ1n) is 4.97. The van der Waals surface area contributed by atoms with E-state index >= 15 is 0 Å². The molecule has 0 saturated carbocycles. The number of H-pyrrole nitrogens is 1. The van der Waals surface area contributed by atoms with Gasteiger partial charge in [0.25, 0.3) is 0 Å². The third-order valence-corrected chi connectivity index (χ3v) is 2.63. The van der Waals surface area contributed by atoms with E-state index in [2.05, 4.69) is 9.97 Å². The van der Waals surface area contributed by atoms with Gasteiger partial charge < -0.3 is 14.8 Å². The van der Waals surface area contributed by atoms with Crippen molar-refractivity contribution in [3.05, 3.63) is 30.1 Å². The van der Waals surface area contributed by atoms with Crippen LogP contribution in [-0.2, 0) is 0 Å². The first kappa shape index (κ1) is 9.71. The van der Waals surface area contributed by atoms with Crippen LogP contribution in [-0.4, -0.2) is 32.6 Å². The Balaban J connectivity index is 2.33. The number of nitrogens with zero attached hydrogens (tertiary/aromatic N) is 2. The highest BCUT2D eigenvalue weighted by Gasteiger charge is 2.12. The third kappa shape index (κ3) is 1.34. The summed E-state index contributed by atoms with van der Waals surface area (Å²) in [6, 6.07) is 5.46. The number of carbonyl (C=O) groups is 1. The Bertz CT molecular complexity index is 726. The number of rotatable bonds is 2. The number of hydrogen-bond acceptors (Lipinski definition) is 3. The minimum atomic E-state index is -1.01. The van der Waals surface area contributed by atoms with Crippen LogP contribution < -0.4 is 4.74 Å². The van der Waals surface area contributed by atoms with Gasteiger partial charge in [0.1, 0.15) is 11.4 Å². The van der Waals surface area contributed by atoms with E-state index in [9.17, 15) is 4.79 Å². The molecule has 3 rings (SSSR count). The van der Waals surface area contributed by atoms with Crippen molar-refractivity contribution >= 4 is 22.8 Å². The van der Waals surface area contributed by atoms with Crippen molar-refractivity contribution < 1.29 is 14.6 Å². The number of aromatic nitrogens is 3. The lowest BCUT2D eigenvalue weighted by Gasteiger charge is -1.98. The number of methoxy groups -OCH3 is 1. The number of aromatic carboxylic acids is 1. The Kier molecular flexibility index (Phi) is 1.85. The highest BCUT2D eigenvalue weighted by atomic mass is 16.5. The molecule has 0 aliphatic carbocycles. The summed E-state index contributed by atoms with van der Waals surface area (Å²) in [4.78, 5) is 17.8. The Labute approximate surface area is 95.5 Å². The number of carboxylic acids is 1. The molecule has 0 fully saturated rings. The van der Waals surface area contributed by atoms with Gasteiger partial charge in [0, 0.05) is 12.3 Å². The highest BCUT2D eigenvalue weighted by molar-refractivity contribution is 5.88. The second-order valence-corrected chi connectivity index (χ2v) is 3.63. The monoisotopic (exact) mass is 231 g/mol. The fourth-order valence-corrected chi connectivity index (χ4v) is 1.81. The van der Waals surface area contributed by atoms with Crippen molar-refractivity contribution in [1.82, 2.24) is 14.4 Å². The Morgan fingerprint density at radius 1 is 1.53 bits per heavy atom. The van der Waals surface area contributed by atoms with E-state index in [1.807, 2.05) is 18.2 Å². The molecule has 3 aromatic rings. The first-order valence-corrected chi connectivity index (χ1v) is 4.97. The summed E-state index contributed by atoms with van der Waals surface area (Å²) in [6.07, 6.45) is 1.51. The van der Waals surface area contributed by atoms with Gasteiger partial charge in [-0.1, -0.05) is 0 Å². The topological polar surface area (TPSA) is 79.6 Å². The van der Waals surface area contributed by atoms with Gasteiger partial charge in [-0.3, -0.25) is 4.40 Å². The van der Waals surface area contributed by atoms with Crippen molar-refractivity contribution in [1.29, 1.82) is 0 Å². The van der Waals surface area contributed by atoms with Crippen molar-refractivity contribution in [3.63, 3.8) is 0 Å². The predicted octanol–water partition coefficient (Wildman–Crippen LogP) is 1.52. The molecule has 2 aromatic heterocycles. The van der Waals surface area contributed by atoms with Crippen molar-refractivity contribution in [3.8, 4) is 5.75 Å². The zero-order chi connectivity index (χ0) is 12.0. The lowest BCUT2D eigenvalue weighted by atomic mass is 10.3. The van der Waals surface area contributed by atoms with Gasteiger partial charge in [-0.25, -0.2) is 9.78 Å². The van der Waals surface area contributed by atoms with Crippen molar-refractivity contribution in [2.24, 2.45) is 0 Å². The molecule has 86 valence electrons. The molecular weight excluding hydrogens is 222 g/mol. The summed E-state index contributed by atoms with van der Waals surface area (Å²) in [5, 5.41) is 8.88. The van der Waals surface area contributed by atoms with Crippen LogP contribution >= 0.6 is 0 Å². The van der Waals surface area contributed by atoms with Gasteiger partial charge in [0.15, 0.2) is 0 Å². The fraction of sp³-hybridized carbons (Fsp3) is 0.0909. The maximum absolute atomic E-state index is 10.8. The predicted molar refractivity (Wildman–Crippen MR) is 60.6 cm³/mol. The molecule has 0 atom stereocenters. The van der Waals surface area contributed by atoms with Gasteiger partial charge in [-0.05, 0) is 12.1 Å². The number of aromatic amines is 1. The quantitative estimate of drug-likeness (QED) is 0.700. The number of benzene rings is 1. The first-order chi connectivity index (χ1) is 8.19. The van der Waals surface area contributed by atoms with Crippen LogP contribution in [0, 0.1) is 0 Å². The molecular formula is C11H9N3O3. The standard InChI is InChI=1S/C11H9N3O3/c1-17-6-2-3-7-9(4-6)14-5-8(10(15)16)13-11(14)12-7/h2-5H,1H3,(H,12,13)(H,15,16). The van der Waals surface area contributed by atoms with Crippen molar-refractivity contribution in [2.75, 3.05) is 7.11 Å². The average molecular weight is 231 g/mol. The molecule has 0 spiro atoms. The third-order valence-electron chi connectivity index (χ3n) is 2.63.